The monoisotopic (exact) mass is 650 g/mol. The second-order valence-electron chi connectivity index (χ2n) is 9.27. The van der Waals surface area contributed by atoms with Gasteiger partial charge in [-0.1, -0.05) is 69.3 Å². The first-order valence-corrected chi connectivity index (χ1v) is 19.8. The van der Waals surface area contributed by atoms with E-state index in [0.717, 1.165) is 38.0 Å². The molecule has 2 nitrogen and oxygen atoms in total. The van der Waals surface area contributed by atoms with E-state index in [1.54, 1.807) is 0 Å². The van der Waals surface area contributed by atoms with Crippen LogP contribution >= 0.6 is 24.4 Å². The van der Waals surface area contributed by atoms with E-state index in [9.17, 15) is 0 Å². The molecule has 0 aromatic heterocycles. The minimum absolute atomic E-state index is 0.230. The van der Waals surface area contributed by atoms with Crippen molar-refractivity contribution in [3.05, 3.63) is 71.8 Å². The van der Waals surface area contributed by atoms with Gasteiger partial charge in [-0.15, -0.1) is 0 Å². The number of hydrogen-bond acceptors (Lipinski definition) is 4. The van der Waals surface area contributed by atoms with Crippen LogP contribution in [0.15, 0.2) is 60.7 Å². The maximum absolute atomic E-state index is 5.02. The van der Waals surface area contributed by atoms with Gasteiger partial charge >= 0.3 is 31.0 Å². The Labute approximate surface area is 245 Å². The molecule has 188 valence electrons. The van der Waals surface area contributed by atoms with Gasteiger partial charge in [0.25, 0.3) is 0 Å². The number of likely N-dealkylation sites (tertiary alicyclic amines) is 2. The molecule has 0 saturated carbocycles. The predicted octanol–water partition coefficient (Wildman–Crippen LogP) is 6.33. The fraction of sp³-hybridized carbons (Fsp3) is 0.500. The van der Waals surface area contributed by atoms with E-state index in [1.165, 1.54) is 49.7 Å². The van der Waals surface area contributed by atoms with E-state index >= 15 is 0 Å². The van der Waals surface area contributed by atoms with Crippen molar-refractivity contribution in [1.29, 1.82) is 0 Å². The Kier molecular flexibility index (Phi) is 15.6. The normalized spacial score (nSPS) is 16.2. The third-order valence-electron chi connectivity index (χ3n) is 6.48. The number of thiocarbonyl (C=S) groups is 2. The van der Waals surface area contributed by atoms with Gasteiger partial charge in [0, 0.05) is 26.2 Å². The van der Waals surface area contributed by atoms with Gasteiger partial charge in [0.2, 0.25) is 0 Å². The predicted molar refractivity (Wildman–Crippen MR) is 166 cm³/mol. The molecule has 7 heteroatoms. The molecule has 2 heterocycles. The Morgan fingerprint density at radius 1 is 0.686 bits per heavy atom. The van der Waals surface area contributed by atoms with Crippen molar-refractivity contribution in [2.24, 2.45) is 11.8 Å². The Morgan fingerprint density at radius 2 is 0.971 bits per heavy atom. The van der Waals surface area contributed by atoms with E-state index in [2.05, 4.69) is 80.3 Å². The minimum atomic E-state index is 0.230. The zero-order valence-corrected chi connectivity index (χ0v) is 27.1. The van der Waals surface area contributed by atoms with Crippen LogP contribution in [0.5, 0.6) is 0 Å². The number of benzene rings is 2. The molecule has 2 aliphatic rings. The van der Waals surface area contributed by atoms with Crippen LogP contribution in [0, 0.1) is 11.8 Å². The van der Waals surface area contributed by atoms with E-state index < -0.39 is 0 Å². The summed E-state index contributed by atoms with van der Waals surface area (Å²) in [6.45, 7) is 4.17. The van der Waals surface area contributed by atoms with Gasteiger partial charge in [0.15, 0.2) is 0 Å². The molecule has 0 aliphatic carbocycles. The zero-order chi connectivity index (χ0) is 25.5. The van der Waals surface area contributed by atoms with Crippen LogP contribution in [0.2, 0.25) is 9.88 Å². The van der Waals surface area contributed by atoms with Crippen molar-refractivity contribution in [3.8, 4) is 0 Å². The molecule has 0 radical (unpaired) electrons. The summed E-state index contributed by atoms with van der Waals surface area (Å²) in [7, 11) is 0. The van der Waals surface area contributed by atoms with Crippen LogP contribution in [0.3, 0.4) is 0 Å². The third-order valence-corrected chi connectivity index (χ3v) is 7.51. The number of hydrogen-bond donors (Lipinski definition) is 0. The molecule has 2 aromatic carbocycles. The average molecular weight is 650 g/mol. The summed E-state index contributed by atoms with van der Waals surface area (Å²) >= 11 is 20.3. The Bertz CT molecular complexity index is 778. The fourth-order valence-corrected chi connectivity index (χ4v) is 5.26. The quantitative estimate of drug-likeness (QED) is 0.216. The summed E-state index contributed by atoms with van der Waals surface area (Å²) in [5, 5.41) is 0. The van der Waals surface area contributed by atoms with Crippen LogP contribution in [0.25, 0.3) is 0 Å². The van der Waals surface area contributed by atoms with Crippen LogP contribution in [0.4, 0.5) is 0 Å². The van der Waals surface area contributed by atoms with Gasteiger partial charge in [0.05, 0.1) is 0 Å². The van der Waals surface area contributed by atoms with Gasteiger partial charge in [0.1, 0.15) is 0 Å². The van der Waals surface area contributed by atoms with Crippen molar-refractivity contribution in [1.82, 2.24) is 9.80 Å². The molecule has 0 bridgehead atoms. The van der Waals surface area contributed by atoms with Gasteiger partial charge < -0.3 is 59.5 Å². The number of rotatable bonds is 4. The zero-order valence-electron chi connectivity index (χ0n) is 21.0. The standard InChI is InChI=1S/2C13H17NS2.2CH3.Sn/c2*15-13(16)14-8-6-12(7-9-14)10-11-4-2-1-3-5-11;;;/h2*1-5,12H,6-10H2,(H,15,16);2*1H3;/q;;;;+2/p-2. The molecule has 2 aliphatic heterocycles. The summed E-state index contributed by atoms with van der Waals surface area (Å²) in [4.78, 5) is 8.88. The molecule has 0 unspecified atom stereocenters. The van der Waals surface area contributed by atoms with Crippen molar-refractivity contribution < 1.29 is 0 Å². The topological polar surface area (TPSA) is 6.48 Å². The van der Waals surface area contributed by atoms with E-state index in [1.807, 2.05) is 0 Å². The van der Waals surface area contributed by atoms with Crippen LogP contribution in [0.1, 0.15) is 36.8 Å². The second kappa shape index (κ2) is 17.8. The molecule has 2 saturated heterocycles. The molecule has 0 amide bonds. The Morgan fingerprint density at radius 3 is 1.23 bits per heavy atom. The van der Waals surface area contributed by atoms with Gasteiger partial charge in [-0.05, 0) is 61.5 Å². The van der Waals surface area contributed by atoms with Gasteiger partial charge in [-0.25, -0.2) is 0 Å². The number of nitrogens with zero attached hydrogens (tertiary/aromatic N) is 2. The van der Waals surface area contributed by atoms with E-state index in [-0.39, 0.29) is 21.1 Å². The molecule has 4 rings (SSSR count). The number of piperidine rings is 2. The molecule has 0 atom stereocenters. The van der Waals surface area contributed by atoms with Crippen LogP contribution in [-0.4, -0.2) is 65.8 Å². The fourth-order valence-electron chi connectivity index (χ4n) is 4.53. The second-order valence-corrected chi connectivity index (χ2v) is 14.2. The summed E-state index contributed by atoms with van der Waals surface area (Å²) < 4.78 is 1.27. The maximum atomic E-state index is 5.02. The molecule has 2 fully saturated rings. The van der Waals surface area contributed by atoms with E-state index in [4.69, 9.17) is 49.7 Å². The Balaban J connectivity index is 0.000000222. The van der Waals surface area contributed by atoms with Crippen LogP contribution < -0.4 is 0 Å². The molecule has 0 N–H and O–H groups in total. The molecular weight excluding hydrogens is 611 g/mol. The molecule has 35 heavy (non-hydrogen) atoms. The molecule has 0 spiro atoms. The first kappa shape index (κ1) is 30.7. The van der Waals surface area contributed by atoms with E-state index in [0.29, 0.717) is 8.64 Å². The van der Waals surface area contributed by atoms with Crippen molar-refractivity contribution >= 4 is 79.5 Å². The first-order chi connectivity index (χ1) is 16.9. The van der Waals surface area contributed by atoms with Gasteiger partial charge in [-0.3, -0.25) is 0 Å². The van der Waals surface area contributed by atoms with Crippen molar-refractivity contribution in [2.45, 2.75) is 48.4 Å². The van der Waals surface area contributed by atoms with Crippen molar-refractivity contribution in [2.75, 3.05) is 26.2 Å². The summed E-state index contributed by atoms with van der Waals surface area (Å²) in [5.74, 6) is 1.59. The SMILES string of the molecule is S=C([S-])N1CCC(Cc2ccccc2)CC1.S=C([S-])N1CCC(Cc2ccccc2)CC1.[CH3][Sn+2][CH3]. The molecular formula is C28H38N2S4Sn. The van der Waals surface area contributed by atoms with Crippen molar-refractivity contribution in [3.63, 3.8) is 0 Å². The summed E-state index contributed by atoms with van der Waals surface area (Å²) in [5.41, 5.74) is 2.89. The summed E-state index contributed by atoms with van der Waals surface area (Å²) in [6.07, 6.45) is 7.24. The Hall–Kier alpha value is -0.541. The third kappa shape index (κ3) is 12.5. The first-order valence-electron chi connectivity index (χ1n) is 12.5. The van der Waals surface area contributed by atoms with Crippen LogP contribution in [-0.2, 0) is 38.1 Å². The average Bonchev–Trinajstić information content (AvgIpc) is 2.87. The summed E-state index contributed by atoms with van der Waals surface area (Å²) in [6, 6.07) is 21.4. The van der Waals surface area contributed by atoms with Gasteiger partial charge in [-0.2, -0.15) is 0 Å². The molecule has 2 aromatic rings.